The lowest BCUT2D eigenvalue weighted by atomic mass is 10.1. The maximum atomic E-state index is 12.4. The van der Waals surface area contributed by atoms with Crippen molar-refractivity contribution in [1.82, 2.24) is 15.3 Å². The lowest BCUT2D eigenvalue weighted by Crippen LogP contribution is -2.29. The van der Waals surface area contributed by atoms with Gasteiger partial charge in [-0.25, -0.2) is 9.97 Å². The molecule has 0 radical (unpaired) electrons. The molecule has 0 unspecified atom stereocenters. The van der Waals surface area contributed by atoms with Gasteiger partial charge in [0.1, 0.15) is 11.4 Å². The van der Waals surface area contributed by atoms with Crippen molar-refractivity contribution in [3.8, 4) is 5.75 Å². The van der Waals surface area contributed by atoms with Crippen molar-refractivity contribution in [2.45, 2.75) is 27.2 Å². The van der Waals surface area contributed by atoms with E-state index in [1.165, 1.54) is 0 Å². The predicted molar refractivity (Wildman–Crippen MR) is 99.4 cm³/mol. The number of anilines is 1. The summed E-state index contributed by atoms with van der Waals surface area (Å²) in [5, 5.41) is 2.93. The Kier molecular flexibility index (Phi) is 6.74. The molecule has 0 aliphatic heterocycles. The second-order valence-electron chi connectivity index (χ2n) is 5.72. The summed E-state index contributed by atoms with van der Waals surface area (Å²) >= 11 is 0. The van der Waals surface area contributed by atoms with Gasteiger partial charge < -0.3 is 15.0 Å². The van der Waals surface area contributed by atoms with E-state index in [9.17, 15) is 4.79 Å². The highest BCUT2D eigenvalue weighted by molar-refractivity contribution is 5.92. The summed E-state index contributed by atoms with van der Waals surface area (Å²) in [4.78, 5) is 23.3. The lowest BCUT2D eigenvalue weighted by Gasteiger charge is -2.19. The Morgan fingerprint density at radius 2 is 1.96 bits per heavy atom. The standard InChI is InChI=1S/C19H26N4O2/c1-5-23(6-2)19-21-14(3)12-17(22-19)18(24)20-11-10-15-8-7-9-16(13-15)25-4/h7-9,12-13H,5-6,10-11H2,1-4H3,(H,20,24). The van der Waals surface area contributed by atoms with E-state index >= 15 is 0 Å². The summed E-state index contributed by atoms with van der Waals surface area (Å²) in [6.07, 6.45) is 0.732. The molecule has 0 atom stereocenters. The number of nitrogens with zero attached hydrogens (tertiary/aromatic N) is 3. The fraction of sp³-hybridized carbons (Fsp3) is 0.421. The number of rotatable bonds is 8. The van der Waals surface area contributed by atoms with Crippen LogP contribution in [0.25, 0.3) is 0 Å². The molecule has 0 fully saturated rings. The third-order valence-corrected chi connectivity index (χ3v) is 3.95. The van der Waals surface area contributed by atoms with Gasteiger partial charge in [0, 0.05) is 25.3 Å². The second kappa shape index (κ2) is 9.01. The van der Waals surface area contributed by atoms with E-state index in [1.54, 1.807) is 13.2 Å². The van der Waals surface area contributed by atoms with Crippen LogP contribution in [-0.2, 0) is 6.42 Å². The van der Waals surface area contributed by atoms with Crippen LogP contribution in [0.1, 0.15) is 35.6 Å². The minimum Gasteiger partial charge on any atom is -0.497 e. The van der Waals surface area contributed by atoms with Crippen LogP contribution in [0, 0.1) is 6.92 Å². The number of ether oxygens (including phenoxy) is 1. The van der Waals surface area contributed by atoms with E-state index < -0.39 is 0 Å². The Labute approximate surface area is 149 Å². The summed E-state index contributed by atoms with van der Waals surface area (Å²) in [7, 11) is 1.64. The molecule has 0 spiro atoms. The summed E-state index contributed by atoms with van der Waals surface area (Å²) in [5.41, 5.74) is 2.30. The number of aromatic nitrogens is 2. The van der Waals surface area contributed by atoms with Crippen LogP contribution in [0.3, 0.4) is 0 Å². The van der Waals surface area contributed by atoms with E-state index in [0.29, 0.717) is 18.2 Å². The first-order valence-electron chi connectivity index (χ1n) is 8.59. The van der Waals surface area contributed by atoms with Gasteiger partial charge in [0.25, 0.3) is 5.91 Å². The quantitative estimate of drug-likeness (QED) is 0.799. The summed E-state index contributed by atoms with van der Waals surface area (Å²) in [6, 6.07) is 9.55. The molecule has 2 rings (SSSR count). The molecule has 1 N–H and O–H groups in total. The Bertz CT molecular complexity index is 714. The molecule has 0 aliphatic carbocycles. The van der Waals surface area contributed by atoms with Gasteiger partial charge in [0.15, 0.2) is 0 Å². The number of benzene rings is 1. The first-order valence-corrected chi connectivity index (χ1v) is 8.59. The van der Waals surface area contributed by atoms with Gasteiger partial charge in [-0.15, -0.1) is 0 Å². The van der Waals surface area contributed by atoms with Crippen molar-refractivity contribution in [3.63, 3.8) is 0 Å². The Morgan fingerprint density at radius 1 is 1.20 bits per heavy atom. The molecule has 0 saturated heterocycles. The number of amides is 1. The second-order valence-corrected chi connectivity index (χ2v) is 5.72. The number of hydrogen-bond acceptors (Lipinski definition) is 5. The van der Waals surface area contributed by atoms with Crippen molar-refractivity contribution >= 4 is 11.9 Å². The van der Waals surface area contributed by atoms with Crippen molar-refractivity contribution in [3.05, 3.63) is 47.3 Å². The van der Waals surface area contributed by atoms with E-state index in [1.807, 2.05) is 49.9 Å². The number of nitrogens with one attached hydrogen (secondary N) is 1. The first kappa shape index (κ1) is 18.7. The van der Waals surface area contributed by atoms with Crippen LogP contribution in [0.4, 0.5) is 5.95 Å². The van der Waals surface area contributed by atoms with Crippen molar-refractivity contribution in [2.24, 2.45) is 0 Å². The Hall–Kier alpha value is -2.63. The van der Waals surface area contributed by atoms with Crippen LogP contribution in [-0.4, -0.2) is 42.6 Å². The number of aryl methyl sites for hydroxylation is 1. The van der Waals surface area contributed by atoms with Gasteiger partial charge in [-0.2, -0.15) is 0 Å². The van der Waals surface area contributed by atoms with Crippen molar-refractivity contribution < 1.29 is 9.53 Å². The molecule has 1 aromatic carbocycles. The molecular weight excluding hydrogens is 316 g/mol. The smallest absolute Gasteiger partial charge is 0.270 e. The third-order valence-electron chi connectivity index (χ3n) is 3.95. The van der Waals surface area contributed by atoms with E-state index in [0.717, 1.165) is 36.5 Å². The predicted octanol–water partition coefficient (Wildman–Crippen LogP) is 2.61. The average Bonchev–Trinajstić information content (AvgIpc) is 2.62. The van der Waals surface area contributed by atoms with Gasteiger partial charge in [-0.3, -0.25) is 4.79 Å². The van der Waals surface area contributed by atoms with Crippen molar-refractivity contribution in [1.29, 1.82) is 0 Å². The zero-order valence-corrected chi connectivity index (χ0v) is 15.4. The van der Waals surface area contributed by atoms with Gasteiger partial charge in [0.2, 0.25) is 5.95 Å². The molecule has 1 aromatic heterocycles. The summed E-state index contributed by atoms with van der Waals surface area (Å²) in [5.74, 6) is 1.24. The number of carbonyl (C=O) groups excluding carboxylic acids is 1. The summed E-state index contributed by atoms with van der Waals surface area (Å²) < 4.78 is 5.21. The maximum Gasteiger partial charge on any atom is 0.270 e. The lowest BCUT2D eigenvalue weighted by molar-refractivity contribution is 0.0949. The Morgan fingerprint density at radius 3 is 2.64 bits per heavy atom. The SMILES string of the molecule is CCN(CC)c1nc(C)cc(C(=O)NCCc2cccc(OC)c2)n1. The molecule has 134 valence electrons. The molecular formula is C19H26N4O2. The normalized spacial score (nSPS) is 10.4. The van der Waals surface area contributed by atoms with Gasteiger partial charge in [-0.05, 0) is 51.0 Å². The zero-order chi connectivity index (χ0) is 18.2. The highest BCUT2D eigenvalue weighted by Crippen LogP contribution is 2.13. The first-order chi connectivity index (χ1) is 12.1. The summed E-state index contributed by atoms with van der Waals surface area (Å²) in [6.45, 7) is 8.11. The number of carbonyl (C=O) groups is 1. The van der Waals surface area contributed by atoms with E-state index in [4.69, 9.17) is 4.74 Å². The fourth-order valence-corrected chi connectivity index (χ4v) is 2.56. The number of methoxy groups -OCH3 is 1. The molecule has 0 bridgehead atoms. The van der Waals surface area contributed by atoms with Crippen LogP contribution >= 0.6 is 0 Å². The largest absolute Gasteiger partial charge is 0.497 e. The maximum absolute atomic E-state index is 12.4. The molecule has 2 aromatic rings. The molecule has 1 amide bonds. The van der Waals surface area contributed by atoms with E-state index in [-0.39, 0.29) is 5.91 Å². The fourth-order valence-electron chi connectivity index (χ4n) is 2.56. The minimum absolute atomic E-state index is 0.179. The number of hydrogen-bond donors (Lipinski definition) is 1. The van der Waals surface area contributed by atoms with Crippen LogP contribution in [0.5, 0.6) is 5.75 Å². The highest BCUT2D eigenvalue weighted by atomic mass is 16.5. The average molecular weight is 342 g/mol. The monoisotopic (exact) mass is 342 g/mol. The van der Waals surface area contributed by atoms with Crippen LogP contribution < -0.4 is 15.0 Å². The van der Waals surface area contributed by atoms with Crippen LogP contribution in [0.15, 0.2) is 30.3 Å². The van der Waals surface area contributed by atoms with Gasteiger partial charge in [-0.1, -0.05) is 12.1 Å². The highest BCUT2D eigenvalue weighted by Gasteiger charge is 2.13. The Balaban J connectivity index is 2.00. The zero-order valence-electron chi connectivity index (χ0n) is 15.4. The van der Waals surface area contributed by atoms with E-state index in [2.05, 4.69) is 15.3 Å². The minimum atomic E-state index is -0.179. The third kappa shape index (κ3) is 5.17. The molecule has 0 saturated carbocycles. The molecule has 1 heterocycles. The topological polar surface area (TPSA) is 67.4 Å². The molecule has 6 heteroatoms. The molecule has 25 heavy (non-hydrogen) atoms. The molecule has 0 aliphatic rings. The van der Waals surface area contributed by atoms with Gasteiger partial charge in [0.05, 0.1) is 7.11 Å². The van der Waals surface area contributed by atoms with Crippen LogP contribution in [0.2, 0.25) is 0 Å². The molecule has 6 nitrogen and oxygen atoms in total. The van der Waals surface area contributed by atoms with Crippen molar-refractivity contribution in [2.75, 3.05) is 31.6 Å². The van der Waals surface area contributed by atoms with Gasteiger partial charge >= 0.3 is 0 Å².